The van der Waals surface area contributed by atoms with Gasteiger partial charge in [-0.25, -0.2) is 4.79 Å². The molecule has 0 bridgehead atoms. The molecule has 3 amide bonds. The summed E-state index contributed by atoms with van der Waals surface area (Å²) in [5.41, 5.74) is 1.12. The summed E-state index contributed by atoms with van der Waals surface area (Å²) in [4.78, 5) is 26.5. The van der Waals surface area contributed by atoms with Crippen molar-refractivity contribution in [2.24, 2.45) is 11.8 Å². The molecule has 1 atom stereocenters. The molecule has 2 aliphatic rings. The van der Waals surface area contributed by atoms with E-state index in [0.29, 0.717) is 11.8 Å². The molecular weight excluding hydrogens is 314 g/mol. The van der Waals surface area contributed by atoms with E-state index < -0.39 is 0 Å². The smallest absolute Gasteiger partial charge is 0.315 e. The number of hydrogen-bond acceptors (Lipinski definition) is 2. The molecule has 3 rings (SSSR count). The minimum atomic E-state index is -0.116. The van der Waals surface area contributed by atoms with Crippen LogP contribution in [0.4, 0.5) is 4.79 Å². The zero-order valence-corrected chi connectivity index (χ0v) is 15.2. The molecule has 1 aliphatic heterocycles. The number of hydrogen-bond donors (Lipinski definition) is 2. The fourth-order valence-electron chi connectivity index (χ4n) is 3.50. The molecule has 1 heterocycles. The maximum atomic E-state index is 12.4. The first-order valence-corrected chi connectivity index (χ1v) is 9.45. The van der Waals surface area contributed by atoms with Gasteiger partial charge in [-0.3, -0.25) is 4.79 Å². The number of carbonyl (C=O) groups is 2. The standard InChI is InChI=1S/C20H29N3O2/c1-14(2)18(15-6-4-3-5-7-15)22-20(25)21-17-10-12-23(13-11-17)19(24)16-8-9-16/h3-7,14,16-18H,8-13H2,1-2H3,(H2,21,22,25). The van der Waals surface area contributed by atoms with Gasteiger partial charge in [0.25, 0.3) is 0 Å². The third kappa shape index (κ3) is 4.74. The number of benzene rings is 1. The topological polar surface area (TPSA) is 61.4 Å². The summed E-state index contributed by atoms with van der Waals surface area (Å²) in [5.74, 6) is 0.906. The molecule has 0 spiro atoms. The fourth-order valence-corrected chi connectivity index (χ4v) is 3.50. The number of likely N-dealkylation sites (tertiary alicyclic amines) is 1. The maximum absolute atomic E-state index is 12.4. The summed E-state index contributed by atoms with van der Waals surface area (Å²) in [7, 11) is 0. The van der Waals surface area contributed by atoms with Crippen LogP contribution in [0.1, 0.15) is 51.1 Å². The van der Waals surface area contributed by atoms with Crippen LogP contribution in [-0.4, -0.2) is 36.0 Å². The van der Waals surface area contributed by atoms with Gasteiger partial charge in [0, 0.05) is 25.0 Å². The Morgan fingerprint density at radius 3 is 2.24 bits per heavy atom. The minimum Gasteiger partial charge on any atom is -0.342 e. The summed E-state index contributed by atoms with van der Waals surface area (Å²) in [6, 6.07) is 10.1. The monoisotopic (exact) mass is 343 g/mol. The molecule has 5 nitrogen and oxygen atoms in total. The third-order valence-electron chi connectivity index (χ3n) is 5.18. The highest BCUT2D eigenvalue weighted by atomic mass is 16.2. The van der Waals surface area contributed by atoms with Crippen LogP contribution >= 0.6 is 0 Å². The molecule has 2 fully saturated rings. The van der Waals surface area contributed by atoms with Gasteiger partial charge in [-0.1, -0.05) is 44.2 Å². The number of nitrogens with zero attached hydrogens (tertiary/aromatic N) is 1. The zero-order chi connectivity index (χ0) is 17.8. The predicted molar refractivity (Wildman–Crippen MR) is 98.0 cm³/mol. The molecule has 5 heteroatoms. The van der Waals surface area contributed by atoms with Crippen LogP contribution in [0, 0.1) is 11.8 Å². The van der Waals surface area contributed by atoms with Crippen LogP contribution in [-0.2, 0) is 4.79 Å². The van der Waals surface area contributed by atoms with E-state index in [1.165, 1.54) is 0 Å². The van der Waals surface area contributed by atoms with Crippen molar-refractivity contribution in [3.8, 4) is 0 Å². The molecule has 1 aliphatic carbocycles. The number of rotatable bonds is 5. The van der Waals surface area contributed by atoms with Crippen molar-refractivity contribution >= 4 is 11.9 Å². The molecule has 1 saturated carbocycles. The number of nitrogens with one attached hydrogen (secondary N) is 2. The lowest BCUT2D eigenvalue weighted by Gasteiger charge is -2.33. The van der Waals surface area contributed by atoms with Gasteiger partial charge in [-0.05, 0) is 37.2 Å². The molecule has 1 aromatic rings. The lowest BCUT2D eigenvalue weighted by molar-refractivity contribution is -0.133. The first-order chi connectivity index (χ1) is 12.0. The van der Waals surface area contributed by atoms with E-state index in [9.17, 15) is 9.59 Å². The number of amides is 3. The second kappa shape index (κ2) is 7.89. The minimum absolute atomic E-state index is 0.00210. The van der Waals surface area contributed by atoms with Gasteiger partial charge >= 0.3 is 6.03 Å². The van der Waals surface area contributed by atoms with Crippen molar-refractivity contribution < 1.29 is 9.59 Å². The zero-order valence-electron chi connectivity index (χ0n) is 15.2. The van der Waals surface area contributed by atoms with Gasteiger partial charge in [0.15, 0.2) is 0 Å². The van der Waals surface area contributed by atoms with Crippen LogP contribution < -0.4 is 10.6 Å². The Kier molecular flexibility index (Phi) is 5.61. The van der Waals surface area contributed by atoms with E-state index in [2.05, 4.69) is 24.5 Å². The van der Waals surface area contributed by atoms with Gasteiger partial charge < -0.3 is 15.5 Å². The van der Waals surface area contributed by atoms with Crippen molar-refractivity contribution in [1.29, 1.82) is 0 Å². The quantitative estimate of drug-likeness (QED) is 0.863. The molecule has 1 unspecified atom stereocenters. The van der Waals surface area contributed by atoms with Crippen LogP contribution in [0.25, 0.3) is 0 Å². The Morgan fingerprint density at radius 1 is 1.04 bits per heavy atom. The van der Waals surface area contributed by atoms with Crippen molar-refractivity contribution in [3.05, 3.63) is 35.9 Å². The first kappa shape index (κ1) is 17.8. The normalized spacial score (nSPS) is 19.6. The Labute approximate surface area is 150 Å². The number of piperidine rings is 1. The van der Waals surface area contributed by atoms with Gasteiger partial charge in [0.1, 0.15) is 0 Å². The maximum Gasteiger partial charge on any atom is 0.315 e. The van der Waals surface area contributed by atoms with E-state index in [1.54, 1.807) is 0 Å². The second-order valence-electron chi connectivity index (χ2n) is 7.62. The van der Waals surface area contributed by atoms with Crippen LogP contribution in [0.5, 0.6) is 0 Å². The highest BCUT2D eigenvalue weighted by Gasteiger charge is 2.35. The lowest BCUT2D eigenvalue weighted by Crippen LogP contribution is -2.50. The number of carbonyl (C=O) groups excluding carboxylic acids is 2. The Bertz CT molecular complexity index is 590. The SMILES string of the molecule is CC(C)C(NC(=O)NC1CCN(C(=O)C2CC2)CC1)c1ccccc1. The van der Waals surface area contributed by atoms with Crippen molar-refractivity contribution in [2.75, 3.05) is 13.1 Å². The first-order valence-electron chi connectivity index (χ1n) is 9.45. The van der Waals surface area contributed by atoms with Gasteiger partial charge in [0.05, 0.1) is 6.04 Å². The molecule has 2 N–H and O–H groups in total. The molecule has 25 heavy (non-hydrogen) atoms. The Hall–Kier alpha value is -2.04. The van der Waals surface area contributed by atoms with E-state index in [4.69, 9.17) is 0 Å². The van der Waals surface area contributed by atoms with Crippen molar-refractivity contribution in [1.82, 2.24) is 15.5 Å². The van der Waals surface area contributed by atoms with E-state index in [1.807, 2.05) is 35.2 Å². The molecular formula is C20H29N3O2. The molecule has 0 aromatic heterocycles. The van der Waals surface area contributed by atoms with E-state index in [0.717, 1.165) is 44.3 Å². The summed E-state index contributed by atoms with van der Waals surface area (Å²) in [6.07, 6.45) is 3.78. The van der Waals surface area contributed by atoms with Gasteiger partial charge in [0.2, 0.25) is 5.91 Å². The van der Waals surface area contributed by atoms with Gasteiger partial charge in [-0.15, -0.1) is 0 Å². The van der Waals surface area contributed by atoms with E-state index >= 15 is 0 Å². The average Bonchev–Trinajstić information content (AvgIpc) is 3.45. The predicted octanol–water partition coefficient (Wildman–Crippen LogP) is 3.08. The second-order valence-corrected chi connectivity index (χ2v) is 7.62. The summed E-state index contributed by atoms with van der Waals surface area (Å²) >= 11 is 0. The Morgan fingerprint density at radius 2 is 1.68 bits per heavy atom. The molecule has 1 aromatic carbocycles. The van der Waals surface area contributed by atoms with Crippen LogP contribution in [0.3, 0.4) is 0 Å². The lowest BCUT2D eigenvalue weighted by atomic mass is 9.96. The van der Waals surface area contributed by atoms with Crippen LogP contribution in [0.2, 0.25) is 0 Å². The Balaban J connectivity index is 1.48. The van der Waals surface area contributed by atoms with Crippen LogP contribution in [0.15, 0.2) is 30.3 Å². The van der Waals surface area contributed by atoms with E-state index in [-0.39, 0.29) is 24.0 Å². The van der Waals surface area contributed by atoms with Crippen molar-refractivity contribution in [3.63, 3.8) is 0 Å². The molecule has 1 saturated heterocycles. The average molecular weight is 343 g/mol. The highest BCUT2D eigenvalue weighted by molar-refractivity contribution is 5.81. The number of urea groups is 1. The fraction of sp³-hybridized carbons (Fsp3) is 0.600. The summed E-state index contributed by atoms with van der Waals surface area (Å²) in [5, 5.41) is 6.20. The molecule has 136 valence electrons. The highest BCUT2D eigenvalue weighted by Crippen LogP contribution is 2.31. The summed E-state index contributed by atoms with van der Waals surface area (Å²) in [6.45, 7) is 5.74. The van der Waals surface area contributed by atoms with Gasteiger partial charge in [-0.2, -0.15) is 0 Å². The van der Waals surface area contributed by atoms with Crippen molar-refractivity contribution in [2.45, 2.75) is 51.6 Å². The molecule has 0 radical (unpaired) electrons. The summed E-state index contributed by atoms with van der Waals surface area (Å²) < 4.78 is 0. The largest absolute Gasteiger partial charge is 0.342 e. The third-order valence-corrected chi connectivity index (χ3v) is 5.18.